The topological polar surface area (TPSA) is 84.7 Å². The van der Waals surface area contributed by atoms with Gasteiger partial charge in [0.2, 0.25) is 5.91 Å². The van der Waals surface area contributed by atoms with Crippen LogP contribution < -0.4 is 5.73 Å². The summed E-state index contributed by atoms with van der Waals surface area (Å²) >= 11 is 0. The van der Waals surface area contributed by atoms with E-state index in [1.807, 2.05) is 18.2 Å². The number of aromatic amines is 1. The lowest BCUT2D eigenvalue weighted by molar-refractivity contribution is 0.100. The van der Waals surface area contributed by atoms with Crippen LogP contribution in [0, 0.1) is 5.82 Å². The summed E-state index contributed by atoms with van der Waals surface area (Å²) in [5.41, 5.74) is 12.2. The molecule has 0 spiro atoms. The SMILES string of the molecule is CC(C)c1c(-c2ccc(C(N)=O)cc2)nc2cc3[nH]ncc3cc2c1-c1ccc(F)cc1. The summed E-state index contributed by atoms with van der Waals surface area (Å²) in [5, 5.41) is 9.12. The number of nitrogens with two attached hydrogens (primary N) is 1. The van der Waals surface area contributed by atoms with Gasteiger partial charge in [0, 0.05) is 21.9 Å². The first-order valence-corrected chi connectivity index (χ1v) is 10.4. The first-order valence-electron chi connectivity index (χ1n) is 10.4. The third kappa shape index (κ3) is 3.30. The number of benzene rings is 3. The maximum absolute atomic E-state index is 13.7. The van der Waals surface area contributed by atoms with Crippen LogP contribution in [0.15, 0.2) is 66.9 Å². The Bertz CT molecular complexity index is 1470. The van der Waals surface area contributed by atoms with Crippen molar-refractivity contribution >= 4 is 27.7 Å². The highest BCUT2D eigenvalue weighted by molar-refractivity contribution is 6.05. The predicted octanol–water partition coefficient (Wildman–Crippen LogP) is 5.81. The largest absolute Gasteiger partial charge is 0.366 e. The molecule has 0 saturated carbocycles. The number of amides is 1. The molecule has 5 aromatic rings. The Morgan fingerprint density at radius 3 is 2.34 bits per heavy atom. The summed E-state index contributed by atoms with van der Waals surface area (Å²) in [6.45, 7) is 4.24. The van der Waals surface area contributed by atoms with E-state index in [0.29, 0.717) is 5.56 Å². The molecule has 158 valence electrons. The van der Waals surface area contributed by atoms with Gasteiger partial charge in [0.15, 0.2) is 0 Å². The molecule has 2 heterocycles. The monoisotopic (exact) mass is 424 g/mol. The zero-order chi connectivity index (χ0) is 22.4. The maximum Gasteiger partial charge on any atom is 0.248 e. The highest BCUT2D eigenvalue weighted by atomic mass is 19.1. The molecular formula is C26H21FN4O. The number of hydrogen-bond donors (Lipinski definition) is 2. The number of fused-ring (bicyclic) bond motifs is 2. The molecule has 0 fully saturated rings. The molecular weight excluding hydrogens is 403 g/mol. The first-order chi connectivity index (χ1) is 15.4. The van der Waals surface area contributed by atoms with E-state index in [4.69, 9.17) is 10.7 Å². The zero-order valence-corrected chi connectivity index (χ0v) is 17.7. The van der Waals surface area contributed by atoms with Gasteiger partial charge in [-0.3, -0.25) is 9.89 Å². The van der Waals surface area contributed by atoms with Crippen molar-refractivity contribution in [2.24, 2.45) is 5.73 Å². The lowest BCUT2D eigenvalue weighted by atomic mass is 9.86. The number of rotatable bonds is 4. The van der Waals surface area contributed by atoms with E-state index in [9.17, 15) is 9.18 Å². The molecule has 32 heavy (non-hydrogen) atoms. The van der Waals surface area contributed by atoms with Crippen molar-refractivity contribution in [1.29, 1.82) is 0 Å². The molecule has 5 rings (SSSR count). The maximum atomic E-state index is 13.7. The van der Waals surface area contributed by atoms with E-state index in [2.05, 4.69) is 30.1 Å². The average Bonchev–Trinajstić information content (AvgIpc) is 3.24. The molecule has 0 bridgehead atoms. The summed E-state index contributed by atoms with van der Waals surface area (Å²) in [5.74, 6) is -0.615. The van der Waals surface area contributed by atoms with E-state index in [1.165, 1.54) is 12.1 Å². The molecule has 1 amide bonds. The van der Waals surface area contributed by atoms with E-state index < -0.39 is 5.91 Å². The number of halogens is 1. The summed E-state index contributed by atoms with van der Waals surface area (Å²) in [6, 6.07) is 17.8. The Kier molecular flexibility index (Phi) is 4.70. The smallest absolute Gasteiger partial charge is 0.248 e. The number of pyridine rings is 1. The van der Waals surface area contributed by atoms with Crippen molar-refractivity contribution in [2.45, 2.75) is 19.8 Å². The fourth-order valence-corrected chi connectivity index (χ4v) is 4.22. The number of hydrogen-bond acceptors (Lipinski definition) is 3. The van der Waals surface area contributed by atoms with Gasteiger partial charge < -0.3 is 5.73 Å². The summed E-state index contributed by atoms with van der Waals surface area (Å²) < 4.78 is 13.7. The number of H-pyrrole nitrogens is 1. The molecule has 0 atom stereocenters. The van der Waals surface area contributed by atoms with Crippen LogP contribution >= 0.6 is 0 Å². The van der Waals surface area contributed by atoms with Gasteiger partial charge in [-0.2, -0.15) is 5.10 Å². The number of primary amides is 1. The van der Waals surface area contributed by atoms with E-state index in [1.54, 1.807) is 30.5 Å². The van der Waals surface area contributed by atoms with Crippen LogP contribution in [-0.2, 0) is 0 Å². The van der Waals surface area contributed by atoms with Crippen LogP contribution in [0.4, 0.5) is 4.39 Å². The number of carbonyl (C=O) groups is 1. The molecule has 0 unspecified atom stereocenters. The van der Waals surface area contributed by atoms with E-state index in [0.717, 1.165) is 49.8 Å². The second-order valence-electron chi connectivity index (χ2n) is 8.18. The molecule has 0 aliphatic rings. The van der Waals surface area contributed by atoms with Crippen LogP contribution in [0.2, 0.25) is 0 Å². The average molecular weight is 424 g/mol. The van der Waals surface area contributed by atoms with Crippen LogP contribution in [0.5, 0.6) is 0 Å². The van der Waals surface area contributed by atoms with E-state index >= 15 is 0 Å². The Morgan fingerprint density at radius 2 is 1.69 bits per heavy atom. The van der Waals surface area contributed by atoms with E-state index in [-0.39, 0.29) is 11.7 Å². The second-order valence-corrected chi connectivity index (χ2v) is 8.18. The first kappa shape index (κ1) is 19.9. The van der Waals surface area contributed by atoms with Crippen molar-refractivity contribution < 1.29 is 9.18 Å². The van der Waals surface area contributed by atoms with Gasteiger partial charge in [0.25, 0.3) is 0 Å². The molecule has 0 saturated heterocycles. The van der Waals surface area contributed by atoms with Crippen molar-refractivity contribution in [1.82, 2.24) is 15.2 Å². The Labute approximate surface area is 184 Å². The van der Waals surface area contributed by atoms with Crippen LogP contribution in [0.25, 0.3) is 44.2 Å². The lowest BCUT2D eigenvalue weighted by Gasteiger charge is -2.21. The molecule has 6 heteroatoms. The van der Waals surface area contributed by atoms with Gasteiger partial charge in [-0.15, -0.1) is 0 Å². The highest BCUT2D eigenvalue weighted by Gasteiger charge is 2.21. The number of carbonyl (C=O) groups excluding carboxylic acids is 1. The Morgan fingerprint density at radius 1 is 1.00 bits per heavy atom. The van der Waals surface area contributed by atoms with Gasteiger partial charge in [0.05, 0.1) is 22.9 Å². The minimum absolute atomic E-state index is 0.137. The van der Waals surface area contributed by atoms with Crippen molar-refractivity contribution in [3.63, 3.8) is 0 Å². The van der Waals surface area contributed by atoms with Crippen LogP contribution in [0.1, 0.15) is 35.7 Å². The number of nitrogens with one attached hydrogen (secondary N) is 1. The predicted molar refractivity (Wildman–Crippen MR) is 125 cm³/mol. The van der Waals surface area contributed by atoms with Crippen molar-refractivity contribution in [2.75, 3.05) is 0 Å². The van der Waals surface area contributed by atoms with Gasteiger partial charge >= 0.3 is 0 Å². The van der Waals surface area contributed by atoms with Gasteiger partial charge in [-0.1, -0.05) is 38.1 Å². The van der Waals surface area contributed by atoms with Crippen molar-refractivity contribution in [3.05, 3.63) is 83.8 Å². The quantitative estimate of drug-likeness (QED) is 0.382. The summed E-state index contributed by atoms with van der Waals surface area (Å²) in [6.07, 6.45) is 1.79. The van der Waals surface area contributed by atoms with Crippen molar-refractivity contribution in [3.8, 4) is 22.4 Å². The van der Waals surface area contributed by atoms with Gasteiger partial charge in [-0.05, 0) is 59.0 Å². The third-order valence-electron chi connectivity index (χ3n) is 5.74. The summed E-state index contributed by atoms with van der Waals surface area (Å²) in [4.78, 5) is 16.6. The second kappa shape index (κ2) is 7.57. The minimum Gasteiger partial charge on any atom is -0.366 e. The molecule has 0 aliphatic carbocycles. The zero-order valence-electron chi connectivity index (χ0n) is 17.7. The third-order valence-corrected chi connectivity index (χ3v) is 5.74. The molecule has 5 nitrogen and oxygen atoms in total. The fourth-order valence-electron chi connectivity index (χ4n) is 4.22. The molecule has 3 aromatic carbocycles. The van der Waals surface area contributed by atoms with Crippen LogP contribution in [-0.4, -0.2) is 21.1 Å². The van der Waals surface area contributed by atoms with Crippen LogP contribution in [0.3, 0.4) is 0 Å². The fraction of sp³-hybridized carbons (Fsp3) is 0.115. The molecule has 0 radical (unpaired) electrons. The highest BCUT2D eigenvalue weighted by Crippen LogP contribution is 2.41. The summed E-state index contributed by atoms with van der Waals surface area (Å²) in [7, 11) is 0. The van der Waals surface area contributed by atoms with Gasteiger partial charge in [-0.25, -0.2) is 9.37 Å². The lowest BCUT2D eigenvalue weighted by Crippen LogP contribution is -2.10. The molecule has 2 aromatic heterocycles. The number of aromatic nitrogens is 3. The molecule has 0 aliphatic heterocycles. The molecule has 3 N–H and O–H groups in total. The standard InChI is InChI=1S/C26H21FN4O/c1-14(2)23-24(15-7-9-19(27)10-8-15)20-11-18-13-29-31-21(18)12-22(20)30-25(23)16-3-5-17(6-4-16)26(28)32/h3-14H,1-2H3,(H2,28,32)(H,29,31). The Hall–Kier alpha value is -4.06. The normalized spacial score (nSPS) is 11.5. The number of nitrogens with zero attached hydrogens (tertiary/aromatic N) is 2. The Balaban J connectivity index is 1.89. The van der Waals surface area contributed by atoms with Gasteiger partial charge in [0.1, 0.15) is 5.82 Å². The minimum atomic E-state index is -0.472.